The number of amides is 1. The maximum Gasteiger partial charge on any atom is 0.253 e. The lowest BCUT2D eigenvalue weighted by Crippen LogP contribution is -2.35. The van der Waals surface area contributed by atoms with Gasteiger partial charge in [-0.2, -0.15) is 5.26 Å². The summed E-state index contributed by atoms with van der Waals surface area (Å²) < 4.78 is 0. The topological polar surface area (TPSA) is 64.3 Å². The zero-order valence-corrected chi connectivity index (χ0v) is 12.5. The van der Waals surface area contributed by atoms with Crippen molar-refractivity contribution >= 4 is 5.91 Å². The summed E-state index contributed by atoms with van der Waals surface area (Å²) in [6.07, 6.45) is 0.322. The van der Waals surface area contributed by atoms with Gasteiger partial charge < -0.3 is 10.0 Å². The number of aliphatic hydroxyl groups is 1. The Bertz CT molecular complexity index is 576. The lowest BCUT2D eigenvalue weighted by atomic mass is 10.1. The number of benzene rings is 1. The minimum absolute atomic E-state index is 0.0911. The van der Waals surface area contributed by atoms with E-state index in [9.17, 15) is 4.79 Å². The Morgan fingerprint density at radius 1 is 1.43 bits per heavy atom. The van der Waals surface area contributed by atoms with Gasteiger partial charge in [-0.25, -0.2) is 0 Å². The Morgan fingerprint density at radius 3 is 2.81 bits per heavy atom. The molecule has 0 aromatic heterocycles. The van der Waals surface area contributed by atoms with Crippen LogP contribution in [0.15, 0.2) is 24.3 Å². The summed E-state index contributed by atoms with van der Waals surface area (Å²) >= 11 is 0. The Morgan fingerprint density at radius 2 is 2.19 bits per heavy atom. The van der Waals surface area contributed by atoms with E-state index in [0.717, 1.165) is 0 Å². The summed E-state index contributed by atoms with van der Waals surface area (Å²) in [5.41, 5.74) is 1.25. The number of carbonyl (C=O) groups excluding carboxylic acids is 1. The fraction of sp³-hybridized carbons (Fsp3) is 0.412. The second kappa shape index (κ2) is 8.79. The molecule has 0 heterocycles. The summed E-state index contributed by atoms with van der Waals surface area (Å²) in [6, 6.07) is 9.09. The molecule has 0 aliphatic rings. The van der Waals surface area contributed by atoms with E-state index in [1.165, 1.54) is 0 Å². The van der Waals surface area contributed by atoms with E-state index in [1.54, 1.807) is 29.2 Å². The molecule has 0 spiro atoms. The molecule has 0 radical (unpaired) electrons. The van der Waals surface area contributed by atoms with Crippen LogP contribution in [-0.4, -0.2) is 35.6 Å². The lowest BCUT2D eigenvalue weighted by Gasteiger charge is -2.23. The quantitative estimate of drug-likeness (QED) is 0.842. The summed E-state index contributed by atoms with van der Waals surface area (Å²) in [5.74, 6) is 5.60. The van der Waals surface area contributed by atoms with Gasteiger partial charge in [0, 0.05) is 24.2 Å². The van der Waals surface area contributed by atoms with Gasteiger partial charge in [-0.1, -0.05) is 31.8 Å². The van der Waals surface area contributed by atoms with Crippen LogP contribution in [0, 0.1) is 29.1 Å². The molecular weight excluding hydrogens is 264 g/mol. The molecule has 4 nitrogen and oxygen atoms in total. The minimum atomic E-state index is -0.209. The van der Waals surface area contributed by atoms with Crippen molar-refractivity contribution in [3.63, 3.8) is 0 Å². The molecule has 1 N–H and O–H groups in total. The second-order valence-corrected chi connectivity index (χ2v) is 5.09. The molecule has 0 saturated carbocycles. The van der Waals surface area contributed by atoms with E-state index in [4.69, 9.17) is 10.4 Å². The van der Waals surface area contributed by atoms with E-state index in [-0.39, 0.29) is 12.5 Å². The SMILES string of the molecule is CC(C)CN(CCC#N)C(=O)c1cccc(C#CCO)c1. The van der Waals surface area contributed by atoms with Gasteiger partial charge in [-0.3, -0.25) is 4.79 Å². The van der Waals surface area contributed by atoms with Gasteiger partial charge in [0.2, 0.25) is 0 Å². The second-order valence-electron chi connectivity index (χ2n) is 5.09. The Labute approximate surface area is 126 Å². The van der Waals surface area contributed by atoms with E-state index in [1.807, 2.05) is 13.8 Å². The maximum atomic E-state index is 12.5. The molecule has 1 rings (SSSR count). The molecule has 4 heteroatoms. The first-order valence-corrected chi connectivity index (χ1v) is 6.94. The standard InChI is InChI=1S/C17H20N2O2/c1-14(2)13-19(10-5-9-18)17(21)16-8-3-6-15(12-16)7-4-11-20/h3,6,8,12,14,20H,5,10-11,13H2,1-2H3. The highest BCUT2D eigenvalue weighted by atomic mass is 16.2. The van der Waals surface area contributed by atoms with Crippen LogP contribution < -0.4 is 0 Å². The highest BCUT2D eigenvalue weighted by molar-refractivity contribution is 5.94. The van der Waals surface area contributed by atoms with Gasteiger partial charge in [0.1, 0.15) is 6.61 Å². The smallest absolute Gasteiger partial charge is 0.253 e. The van der Waals surface area contributed by atoms with Crippen molar-refractivity contribution in [1.82, 2.24) is 4.90 Å². The highest BCUT2D eigenvalue weighted by Crippen LogP contribution is 2.10. The number of nitrogens with zero attached hydrogens (tertiary/aromatic N) is 2. The molecule has 21 heavy (non-hydrogen) atoms. The summed E-state index contributed by atoms with van der Waals surface area (Å²) in [5, 5.41) is 17.4. The number of carbonyl (C=O) groups is 1. The molecule has 0 saturated heterocycles. The zero-order chi connectivity index (χ0) is 15.7. The molecule has 0 aliphatic carbocycles. The Kier molecular flexibility index (Phi) is 7.01. The van der Waals surface area contributed by atoms with Gasteiger partial charge in [-0.05, 0) is 24.1 Å². The molecular formula is C17H20N2O2. The van der Waals surface area contributed by atoms with Crippen LogP contribution in [0.1, 0.15) is 36.2 Å². The maximum absolute atomic E-state index is 12.5. The number of aliphatic hydroxyl groups excluding tert-OH is 1. The fourth-order valence-electron chi connectivity index (χ4n) is 1.96. The van der Waals surface area contributed by atoms with E-state index in [0.29, 0.717) is 36.6 Å². The van der Waals surface area contributed by atoms with Crippen LogP contribution in [0.3, 0.4) is 0 Å². The molecule has 110 valence electrons. The minimum Gasteiger partial charge on any atom is -0.384 e. The summed E-state index contributed by atoms with van der Waals surface area (Å²) in [6.45, 7) is 4.92. The predicted octanol–water partition coefficient (Wildman–Crippen LogP) is 2.04. The van der Waals surface area contributed by atoms with Crippen LogP contribution in [0.5, 0.6) is 0 Å². The van der Waals surface area contributed by atoms with Crippen LogP contribution in [0.25, 0.3) is 0 Å². The van der Waals surface area contributed by atoms with Crippen LogP contribution in [0.2, 0.25) is 0 Å². The molecule has 1 amide bonds. The number of rotatable bonds is 5. The molecule has 0 unspecified atom stereocenters. The molecule has 0 aliphatic heterocycles. The lowest BCUT2D eigenvalue weighted by molar-refractivity contribution is 0.0740. The number of hydrogen-bond acceptors (Lipinski definition) is 3. The van der Waals surface area contributed by atoms with Crippen molar-refractivity contribution in [2.75, 3.05) is 19.7 Å². The molecule has 1 aromatic carbocycles. The van der Waals surface area contributed by atoms with Crippen molar-refractivity contribution in [2.24, 2.45) is 5.92 Å². The van der Waals surface area contributed by atoms with Gasteiger partial charge in [0.15, 0.2) is 0 Å². The van der Waals surface area contributed by atoms with Crippen molar-refractivity contribution in [1.29, 1.82) is 5.26 Å². The summed E-state index contributed by atoms with van der Waals surface area (Å²) in [7, 11) is 0. The van der Waals surface area contributed by atoms with Gasteiger partial charge in [-0.15, -0.1) is 0 Å². The molecule has 0 atom stereocenters. The first-order chi connectivity index (χ1) is 10.1. The monoisotopic (exact) mass is 284 g/mol. The number of nitriles is 1. The van der Waals surface area contributed by atoms with Gasteiger partial charge in [0.05, 0.1) is 12.5 Å². The van der Waals surface area contributed by atoms with Crippen LogP contribution >= 0.6 is 0 Å². The predicted molar refractivity (Wildman–Crippen MR) is 81.4 cm³/mol. The van der Waals surface area contributed by atoms with Crippen molar-refractivity contribution in [3.8, 4) is 17.9 Å². The average molecular weight is 284 g/mol. The van der Waals surface area contributed by atoms with E-state index < -0.39 is 0 Å². The molecule has 0 fully saturated rings. The number of hydrogen-bond donors (Lipinski definition) is 1. The van der Waals surface area contributed by atoms with E-state index in [2.05, 4.69) is 17.9 Å². The van der Waals surface area contributed by atoms with E-state index >= 15 is 0 Å². The van der Waals surface area contributed by atoms with Crippen molar-refractivity contribution < 1.29 is 9.90 Å². The normalized spacial score (nSPS) is 9.67. The van der Waals surface area contributed by atoms with Crippen LogP contribution in [0.4, 0.5) is 0 Å². The van der Waals surface area contributed by atoms with Crippen LogP contribution in [-0.2, 0) is 0 Å². The third-order valence-corrected chi connectivity index (χ3v) is 2.79. The molecule has 1 aromatic rings. The first-order valence-electron chi connectivity index (χ1n) is 6.94. The van der Waals surface area contributed by atoms with Crippen molar-refractivity contribution in [2.45, 2.75) is 20.3 Å². The van der Waals surface area contributed by atoms with Gasteiger partial charge in [0.25, 0.3) is 5.91 Å². The average Bonchev–Trinajstić information content (AvgIpc) is 2.48. The summed E-state index contributed by atoms with van der Waals surface area (Å²) in [4.78, 5) is 14.2. The Balaban J connectivity index is 2.94. The van der Waals surface area contributed by atoms with Crippen molar-refractivity contribution in [3.05, 3.63) is 35.4 Å². The van der Waals surface area contributed by atoms with Gasteiger partial charge >= 0.3 is 0 Å². The molecule has 0 bridgehead atoms. The Hall–Kier alpha value is -2.30. The first kappa shape index (κ1) is 16.8. The zero-order valence-electron chi connectivity index (χ0n) is 12.5. The third kappa shape index (κ3) is 5.69. The highest BCUT2D eigenvalue weighted by Gasteiger charge is 2.16. The fourth-order valence-corrected chi connectivity index (χ4v) is 1.96. The largest absolute Gasteiger partial charge is 0.384 e. The third-order valence-electron chi connectivity index (χ3n) is 2.79.